The van der Waals surface area contributed by atoms with Crippen molar-refractivity contribution < 1.29 is 19.6 Å². The molecule has 0 bridgehead atoms. The first-order valence-corrected chi connectivity index (χ1v) is 11.1. The minimum Gasteiger partial charge on any atom is -0.426 e. The largest absolute Gasteiger partial charge is 0.475 e. The second kappa shape index (κ2) is 10.0. The summed E-state index contributed by atoms with van der Waals surface area (Å²) in [4.78, 5) is 27.8. The number of rotatable bonds is 10. The van der Waals surface area contributed by atoms with Gasteiger partial charge in [-0.2, -0.15) is 0 Å². The van der Waals surface area contributed by atoms with Crippen LogP contribution in [-0.2, 0) is 9.59 Å². The number of carbonyl (C=O) groups is 2. The van der Waals surface area contributed by atoms with Gasteiger partial charge in [0.15, 0.2) is 0 Å². The van der Waals surface area contributed by atoms with Crippen molar-refractivity contribution >= 4 is 36.2 Å². The number of hydrogen-bond donors (Lipinski definition) is 4. The molecule has 0 spiro atoms. The van der Waals surface area contributed by atoms with Crippen LogP contribution in [-0.4, -0.2) is 53.6 Å². The highest BCUT2D eigenvalue weighted by atomic mass is 35.5. The molecule has 3 atom stereocenters. The van der Waals surface area contributed by atoms with Crippen LogP contribution in [0.5, 0.6) is 0 Å². The zero-order chi connectivity index (χ0) is 21.8. The minimum absolute atomic E-state index is 0.179. The molecule has 1 saturated carbocycles. The Hall–Kier alpha value is -1.77. The van der Waals surface area contributed by atoms with Gasteiger partial charge in [-0.3, -0.25) is 9.59 Å². The number of anilines is 1. The average Bonchev–Trinajstić information content (AvgIpc) is 3.45. The molecular weight excluding hydrogens is 405 g/mol. The van der Waals surface area contributed by atoms with Crippen molar-refractivity contribution in [2.75, 3.05) is 11.4 Å². The molecule has 2 amide bonds. The Kier molecular flexibility index (Phi) is 7.66. The molecule has 164 valence electrons. The smallest absolute Gasteiger partial charge is 0.426 e. The molecule has 1 saturated heterocycles. The summed E-state index contributed by atoms with van der Waals surface area (Å²) in [5, 5.41) is 25.5. The molecule has 1 aliphatic carbocycles. The van der Waals surface area contributed by atoms with Crippen molar-refractivity contribution in [1.82, 2.24) is 10.6 Å². The first-order chi connectivity index (χ1) is 14.2. The predicted molar refractivity (Wildman–Crippen MR) is 118 cm³/mol. The molecule has 1 aromatic carbocycles. The molecule has 1 aliphatic heterocycles. The Labute approximate surface area is 183 Å². The molecule has 0 radical (unpaired) electrons. The fourth-order valence-electron chi connectivity index (χ4n) is 3.83. The van der Waals surface area contributed by atoms with Gasteiger partial charge in [0.2, 0.25) is 11.8 Å². The monoisotopic (exact) mass is 435 g/mol. The third-order valence-corrected chi connectivity index (χ3v) is 6.04. The van der Waals surface area contributed by atoms with Crippen LogP contribution in [0.25, 0.3) is 0 Å². The van der Waals surface area contributed by atoms with Crippen LogP contribution in [0.15, 0.2) is 24.3 Å². The molecule has 2 aliphatic rings. The summed E-state index contributed by atoms with van der Waals surface area (Å²) >= 11 is 5.95. The van der Waals surface area contributed by atoms with Gasteiger partial charge in [-0.05, 0) is 55.4 Å². The molecule has 3 rings (SSSR count). The van der Waals surface area contributed by atoms with Crippen LogP contribution in [0.4, 0.5) is 5.69 Å². The molecule has 0 aromatic heterocycles. The first kappa shape index (κ1) is 22.9. The Balaban J connectivity index is 1.63. The van der Waals surface area contributed by atoms with E-state index in [0.29, 0.717) is 23.8 Å². The molecule has 4 N–H and O–H groups in total. The zero-order valence-corrected chi connectivity index (χ0v) is 18.3. The van der Waals surface area contributed by atoms with E-state index in [1.807, 2.05) is 30.9 Å². The molecule has 7 nitrogen and oxygen atoms in total. The summed E-state index contributed by atoms with van der Waals surface area (Å²) in [5.74, 6) is -0.674. The zero-order valence-electron chi connectivity index (χ0n) is 17.6. The van der Waals surface area contributed by atoms with Crippen LogP contribution in [0, 0.1) is 11.8 Å². The van der Waals surface area contributed by atoms with Crippen molar-refractivity contribution in [2.24, 2.45) is 11.8 Å². The number of halogens is 1. The maximum Gasteiger partial charge on any atom is 0.475 e. The summed E-state index contributed by atoms with van der Waals surface area (Å²) in [6.07, 6.45) is 3.84. The maximum atomic E-state index is 12.9. The highest BCUT2D eigenvalue weighted by Gasteiger charge is 2.38. The quantitative estimate of drug-likeness (QED) is 0.419. The third-order valence-electron chi connectivity index (χ3n) is 5.79. The SMILES string of the molecule is CC(C)C[C@H](NC(=O)[C@H](CC1CC1)NC(=O)[C@@H]1CCN1c1ccc(Cl)cc1)B(O)O. The average molecular weight is 436 g/mol. The van der Waals surface area contributed by atoms with Gasteiger partial charge in [-0.15, -0.1) is 0 Å². The number of nitrogens with zero attached hydrogens (tertiary/aromatic N) is 1. The van der Waals surface area contributed by atoms with Gasteiger partial charge in [0.25, 0.3) is 0 Å². The Morgan fingerprint density at radius 1 is 1.17 bits per heavy atom. The van der Waals surface area contributed by atoms with Gasteiger partial charge < -0.3 is 25.6 Å². The van der Waals surface area contributed by atoms with Crippen molar-refractivity contribution in [3.63, 3.8) is 0 Å². The first-order valence-electron chi connectivity index (χ1n) is 10.7. The summed E-state index contributed by atoms with van der Waals surface area (Å²) in [6, 6.07) is 6.36. The molecule has 1 heterocycles. The molecular formula is C21H31BClN3O4. The number of amides is 2. The lowest BCUT2D eigenvalue weighted by Crippen LogP contribution is -2.61. The van der Waals surface area contributed by atoms with E-state index in [1.54, 1.807) is 12.1 Å². The number of carbonyl (C=O) groups excluding carboxylic acids is 2. The number of hydrogen-bond acceptors (Lipinski definition) is 5. The van der Waals surface area contributed by atoms with Gasteiger partial charge in [-0.25, -0.2) is 0 Å². The van der Waals surface area contributed by atoms with Gasteiger partial charge in [-0.1, -0.05) is 38.3 Å². The van der Waals surface area contributed by atoms with Crippen LogP contribution in [0.3, 0.4) is 0 Å². The summed E-state index contributed by atoms with van der Waals surface area (Å²) in [6.45, 7) is 4.67. The maximum absolute atomic E-state index is 12.9. The van der Waals surface area contributed by atoms with Crippen LogP contribution in [0.2, 0.25) is 5.02 Å². The third kappa shape index (κ3) is 6.12. The lowest BCUT2D eigenvalue weighted by Gasteiger charge is -2.42. The normalized spacial score (nSPS) is 20.3. The van der Waals surface area contributed by atoms with Crippen molar-refractivity contribution in [3.8, 4) is 0 Å². The molecule has 9 heteroatoms. The van der Waals surface area contributed by atoms with E-state index < -0.39 is 19.1 Å². The fraction of sp³-hybridized carbons (Fsp3) is 0.619. The number of nitrogens with one attached hydrogen (secondary N) is 2. The highest BCUT2D eigenvalue weighted by Crippen LogP contribution is 2.34. The molecule has 0 unspecified atom stereocenters. The van der Waals surface area contributed by atoms with Crippen LogP contribution in [0.1, 0.15) is 46.0 Å². The summed E-state index contributed by atoms with van der Waals surface area (Å²) in [7, 11) is -1.64. The van der Waals surface area contributed by atoms with E-state index in [4.69, 9.17) is 11.6 Å². The van der Waals surface area contributed by atoms with E-state index in [2.05, 4.69) is 10.6 Å². The lowest BCUT2D eigenvalue weighted by atomic mass is 9.75. The van der Waals surface area contributed by atoms with Crippen molar-refractivity contribution in [3.05, 3.63) is 29.3 Å². The van der Waals surface area contributed by atoms with E-state index in [-0.39, 0.29) is 23.8 Å². The fourth-order valence-corrected chi connectivity index (χ4v) is 3.96. The minimum atomic E-state index is -1.64. The molecule has 2 fully saturated rings. The second-order valence-corrected chi connectivity index (χ2v) is 9.31. The van der Waals surface area contributed by atoms with Crippen LogP contribution >= 0.6 is 11.6 Å². The Morgan fingerprint density at radius 2 is 1.83 bits per heavy atom. The molecule has 1 aromatic rings. The van der Waals surface area contributed by atoms with E-state index in [1.165, 1.54) is 0 Å². The number of benzene rings is 1. The predicted octanol–water partition coefficient (Wildman–Crippen LogP) is 1.75. The standard InChI is InChI=1S/C21H31BClN3O4/c1-13(2)11-19(22(29)30)25-20(27)17(12-14-3-4-14)24-21(28)18-9-10-26(18)16-7-5-15(23)6-8-16/h5-8,13-14,17-19,29-30H,3-4,9-12H2,1-2H3,(H,24,28)(H,25,27)/t17-,18-,19-/m0/s1. The van der Waals surface area contributed by atoms with Gasteiger partial charge in [0.05, 0.1) is 5.94 Å². The van der Waals surface area contributed by atoms with Crippen molar-refractivity contribution in [1.29, 1.82) is 0 Å². The van der Waals surface area contributed by atoms with Crippen LogP contribution < -0.4 is 15.5 Å². The van der Waals surface area contributed by atoms with E-state index in [9.17, 15) is 19.6 Å². The van der Waals surface area contributed by atoms with Gasteiger partial charge in [0, 0.05) is 17.3 Å². The Bertz CT molecular complexity index is 742. The molecule has 30 heavy (non-hydrogen) atoms. The van der Waals surface area contributed by atoms with E-state index >= 15 is 0 Å². The van der Waals surface area contributed by atoms with Crippen molar-refractivity contribution in [2.45, 2.75) is 64.0 Å². The summed E-state index contributed by atoms with van der Waals surface area (Å²) < 4.78 is 0. The van der Waals surface area contributed by atoms with Gasteiger partial charge >= 0.3 is 7.12 Å². The lowest BCUT2D eigenvalue weighted by molar-refractivity contribution is -0.130. The highest BCUT2D eigenvalue weighted by molar-refractivity contribution is 6.43. The van der Waals surface area contributed by atoms with E-state index in [0.717, 1.165) is 31.5 Å². The topological polar surface area (TPSA) is 102 Å². The summed E-state index contributed by atoms with van der Waals surface area (Å²) in [5.41, 5.74) is 0.925. The van der Waals surface area contributed by atoms with Gasteiger partial charge in [0.1, 0.15) is 12.1 Å². The second-order valence-electron chi connectivity index (χ2n) is 8.87. The Morgan fingerprint density at radius 3 is 2.33 bits per heavy atom.